The molecule has 1 N–H and O–H groups in total. The second kappa shape index (κ2) is 7.03. The number of fused-ring (bicyclic) bond motifs is 1. The highest BCUT2D eigenvalue weighted by molar-refractivity contribution is 9.10. The first-order chi connectivity index (χ1) is 14.1. The van der Waals surface area contributed by atoms with Crippen LogP contribution in [0.5, 0.6) is 0 Å². The van der Waals surface area contributed by atoms with Gasteiger partial charge in [-0.05, 0) is 59.7 Å². The van der Waals surface area contributed by atoms with Crippen LogP contribution in [0.4, 0.5) is 4.39 Å². The molecule has 1 atom stereocenters. The van der Waals surface area contributed by atoms with E-state index < -0.39 is 0 Å². The van der Waals surface area contributed by atoms with Crippen LogP contribution in [0.2, 0.25) is 0 Å². The second-order valence-corrected chi connectivity index (χ2v) is 7.77. The summed E-state index contributed by atoms with van der Waals surface area (Å²) in [5.41, 5.74) is 2.38. The van der Waals surface area contributed by atoms with Crippen LogP contribution in [-0.4, -0.2) is 47.5 Å². The number of carbonyl (C=O) groups is 1. The van der Waals surface area contributed by atoms with Gasteiger partial charge in [-0.25, -0.2) is 9.37 Å². The number of benzene rings is 2. The van der Waals surface area contributed by atoms with Gasteiger partial charge in [0.1, 0.15) is 18.0 Å². The third-order valence-corrected chi connectivity index (χ3v) is 5.57. The minimum atomic E-state index is -0.327. The molecule has 10 heteroatoms. The van der Waals surface area contributed by atoms with Crippen molar-refractivity contribution in [1.82, 2.24) is 35.1 Å². The van der Waals surface area contributed by atoms with Gasteiger partial charge in [0.05, 0.1) is 28.3 Å². The van der Waals surface area contributed by atoms with Crippen molar-refractivity contribution in [2.75, 3.05) is 6.54 Å². The summed E-state index contributed by atoms with van der Waals surface area (Å²) in [4.78, 5) is 23.1. The van der Waals surface area contributed by atoms with Crippen molar-refractivity contribution in [3.8, 4) is 5.69 Å². The Morgan fingerprint density at radius 3 is 2.97 bits per heavy atom. The molecule has 5 rings (SSSR count). The van der Waals surface area contributed by atoms with E-state index in [-0.39, 0.29) is 17.8 Å². The monoisotopic (exact) mass is 455 g/mol. The number of halogens is 2. The zero-order valence-corrected chi connectivity index (χ0v) is 16.7. The van der Waals surface area contributed by atoms with Gasteiger partial charge in [0, 0.05) is 11.0 Å². The Balaban J connectivity index is 1.53. The van der Waals surface area contributed by atoms with E-state index in [0.29, 0.717) is 34.7 Å². The third-order valence-electron chi connectivity index (χ3n) is 5.08. The highest BCUT2D eigenvalue weighted by Gasteiger charge is 2.34. The minimum Gasteiger partial charge on any atom is -0.340 e. The Bertz CT molecular complexity index is 1210. The second-order valence-electron chi connectivity index (χ2n) is 6.86. The number of hydrogen-bond acceptors (Lipinski definition) is 5. The van der Waals surface area contributed by atoms with Gasteiger partial charge >= 0.3 is 0 Å². The van der Waals surface area contributed by atoms with Crippen molar-refractivity contribution in [3.63, 3.8) is 0 Å². The molecule has 1 saturated heterocycles. The fourth-order valence-electron chi connectivity index (χ4n) is 3.76. The molecule has 1 unspecified atom stereocenters. The average molecular weight is 456 g/mol. The van der Waals surface area contributed by atoms with Gasteiger partial charge < -0.3 is 9.88 Å². The van der Waals surface area contributed by atoms with E-state index in [0.717, 1.165) is 17.3 Å². The summed E-state index contributed by atoms with van der Waals surface area (Å²) >= 11 is 3.44. The van der Waals surface area contributed by atoms with Crippen molar-refractivity contribution in [3.05, 3.63) is 64.4 Å². The fraction of sp³-hybridized carbons (Fsp3) is 0.211. The molecule has 0 bridgehead atoms. The van der Waals surface area contributed by atoms with Crippen molar-refractivity contribution in [2.24, 2.45) is 0 Å². The average Bonchev–Trinajstić information content (AvgIpc) is 3.46. The van der Waals surface area contributed by atoms with Crippen LogP contribution in [0, 0.1) is 5.82 Å². The van der Waals surface area contributed by atoms with Crippen LogP contribution in [0.15, 0.2) is 47.2 Å². The Morgan fingerprint density at radius 1 is 1.24 bits per heavy atom. The lowest BCUT2D eigenvalue weighted by Crippen LogP contribution is -2.32. The van der Waals surface area contributed by atoms with Crippen LogP contribution in [0.1, 0.15) is 35.1 Å². The predicted molar refractivity (Wildman–Crippen MR) is 106 cm³/mol. The normalized spacial score (nSPS) is 16.6. The van der Waals surface area contributed by atoms with E-state index >= 15 is 0 Å². The molecular weight excluding hydrogens is 441 g/mol. The number of carbonyl (C=O) groups excluding carboxylic acids is 1. The number of tetrazole rings is 1. The SMILES string of the molecule is O=C(c1cc(Br)ccc1-n1cnnn1)N1CCCC1c1nc2ccc(F)cc2[nH]1. The Hall–Kier alpha value is -3.14. The van der Waals surface area contributed by atoms with Crippen LogP contribution in [-0.2, 0) is 0 Å². The number of aromatic amines is 1. The first-order valence-electron chi connectivity index (χ1n) is 9.09. The van der Waals surface area contributed by atoms with Crippen molar-refractivity contribution >= 4 is 32.9 Å². The molecule has 2 aromatic carbocycles. The number of aromatic nitrogens is 6. The zero-order valence-electron chi connectivity index (χ0n) is 15.1. The Labute approximate surface area is 172 Å². The number of rotatable bonds is 3. The molecule has 1 amide bonds. The number of imidazole rings is 1. The smallest absolute Gasteiger partial charge is 0.256 e. The highest BCUT2D eigenvalue weighted by Crippen LogP contribution is 2.34. The lowest BCUT2D eigenvalue weighted by molar-refractivity contribution is 0.0730. The van der Waals surface area contributed by atoms with Gasteiger partial charge in [0.25, 0.3) is 5.91 Å². The predicted octanol–water partition coefficient (Wildman–Crippen LogP) is 3.42. The van der Waals surface area contributed by atoms with E-state index in [4.69, 9.17) is 0 Å². The van der Waals surface area contributed by atoms with Crippen LogP contribution < -0.4 is 0 Å². The minimum absolute atomic E-state index is 0.133. The summed E-state index contributed by atoms with van der Waals surface area (Å²) in [5.74, 6) is 0.202. The van der Waals surface area contributed by atoms with E-state index in [1.807, 2.05) is 6.07 Å². The van der Waals surface area contributed by atoms with Crippen LogP contribution in [0.3, 0.4) is 0 Å². The van der Waals surface area contributed by atoms with Gasteiger partial charge in [0.15, 0.2) is 0 Å². The maximum absolute atomic E-state index is 13.5. The molecule has 0 aliphatic carbocycles. The van der Waals surface area contributed by atoms with Crippen molar-refractivity contribution < 1.29 is 9.18 Å². The zero-order chi connectivity index (χ0) is 20.0. The number of likely N-dealkylation sites (tertiary alicyclic amines) is 1. The van der Waals surface area contributed by atoms with Gasteiger partial charge in [-0.3, -0.25) is 4.79 Å². The molecule has 0 radical (unpaired) electrons. The highest BCUT2D eigenvalue weighted by atomic mass is 79.9. The van der Waals surface area contributed by atoms with Gasteiger partial charge in [0.2, 0.25) is 0 Å². The summed E-state index contributed by atoms with van der Waals surface area (Å²) in [5, 5.41) is 11.2. The molecule has 2 aromatic heterocycles. The number of H-pyrrole nitrogens is 1. The maximum Gasteiger partial charge on any atom is 0.256 e. The van der Waals surface area contributed by atoms with E-state index in [9.17, 15) is 9.18 Å². The van der Waals surface area contributed by atoms with E-state index in [1.54, 1.807) is 23.1 Å². The van der Waals surface area contributed by atoms with E-state index in [1.165, 1.54) is 23.1 Å². The summed E-state index contributed by atoms with van der Waals surface area (Å²) in [7, 11) is 0. The van der Waals surface area contributed by atoms with Crippen molar-refractivity contribution in [2.45, 2.75) is 18.9 Å². The lowest BCUT2D eigenvalue weighted by Gasteiger charge is -2.24. The van der Waals surface area contributed by atoms with E-state index in [2.05, 4.69) is 41.4 Å². The molecule has 3 heterocycles. The van der Waals surface area contributed by atoms with Crippen molar-refractivity contribution in [1.29, 1.82) is 0 Å². The Morgan fingerprint density at radius 2 is 2.14 bits per heavy atom. The standard InChI is InChI=1S/C19H15BrFN7O/c20-11-3-6-16(28-10-22-25-26-28)13(8-11)19(29)27-7-1-2-17(27)18-23-14-5-4-12(21)9-15(14)24-18/h3-6,8-10,17H,1-2,7H2,(H,23,24). The fourth-order valence-corrected chi connectivity index (χ4v) is 4.12. The summed E-state index contributed by atoms with van der Waals surface area (Å²) < 4.78 is 15.8. The maximum atomic E-state index is 13.5. The number of nitrogens with one attached hydrogen (secondary N) is 1. The Kier molecular flexibility index (Phi) is 4.35. The lowest BCUT2D eigenvalue weighted by atomic mass is 10.1. The molecule has 1 fully saturated rings. The molecule has 4 aromatic rings. The summed E-state index contributed by atoms with van der Waals surface area (Å²) in [6.07, 6.45) is 3.09. The van der Waals surface area contributed by atoms with Crippen LogP contribution >= 0.6 is 15.9 Å². The summed E-state index contributed by atoms with van der Waals surface area (Å²) in [6.45, 7) is 0.608. The quantitative estimate of drug-likeness (QED) is 0.510. The molecule has 0 spiro atoms. The number of nitrogens with zero attached hydrogens (tertiary/aromatic N) is 6. The molecular formula is C19H15BrFN7O. The number of hydrogen-bond donors (Lipinski definition) is 1. The van der Waals surface area contributed by atoms with Gasteiger partial charge in [-0.2, -0.15) is 4.68 Å². The molecule has 0 saturated carbocycles. The first kappa shape index (κ1) is 17.9. The molecule has 1 aliphatic rings. The van der Waals surface area contributed by atoms with Gasteiger partial charge in [-0.15, -0.1) is 5.10 Å². The van der Waals surface area contributed by atoms with Crippen LogP contribution in [0.25, 0.3) is 16.7 Å². The topological polar surface area (TPSA) is 92.6 Å². The largest absolute Gasteiger partial charge is 0.340 e. The molecule has 29 heavy (non-hydrogen) atoms. The number of amides is 1. The first-order valence-corrected chi connectivity index (χ1v) is 9.88. The molecule has 1 aliphatic heterocycles. The molecule has 8 nitrogen and oxygen atoms in total. The van der Waals surface area contributed by atoms with Gasteiger partial charge in [-0.1, -0.05) is 15.9 Å². The third kappa shape index (κ3) is 3.19. The molecule has 146 valence electrons. The summed E-state index contributed by atoms with van der Waals surface area (Å²) in [6, 6.07) is 9.62.